The number of unbranched alkanes of at least 4 members (excludes halogenated alkanes) is 5. The number of carboxylic acid groups (broad SMARTS) is 1. The summed E-state index contributed by atoms with van der Waals surface area (Å²) < 4.78 is 5.80. The molecule has 0 heterocycles. The third-order valence-corrected chi connectivity index (χ3v) is 5.72. The number of hydrogen-bond acceptors (Lipinski definition) is 2. The summed E-state index contributed by atoms with van der Waals surface area (Å²) in [4.78, 5) is 10.2. The summed E-state index contributed by atoms with van der Waals surface area (Å²) in [6, 6.07) is 18.8. The average molecular weight is 433 g/mol. The summed E-state index contributed by atoms with van der Waals surface area (Å²) in [5.74, 6) is 0.110. The van der Waals surface area contributed by atoms with E-state index in [1.807, 2.05) is 19.9 Å². The number of aliphatic carboxylic acids is 1. The lowest BCUT2D eigenvalue weighted by molar-refractivity contribution is -0.137. The van der Waals surface area contributed by atoms with Crippen molar-refractivity contribution in [3.05, 3.63) is 54.6 Å². The first kappa shape index (κ1) is 26.0. The van der Waals surface area contributed by atoms with Gasteiger partial charge in [0.15, 0.2) is 0 Å². The molecular weight excluding hydrogens is 396 g/mol. The SMILES string of the molecule is CCC(C)C(Cl)C(=O)O.CCCCCCCCOc1ccc(-c2ccccc2)cc1. The van der Waals surface area contributed by atoms with Crippen molar-refractivity contribution in [3.63, 3.8) is 0 Å². The Morgan fingerprint density at radius 3 is 2.00 bits per heavy atom. The second-order valence-corrected chi connectivity index (χ2v) is 8.10. The number of ether oxygens (including phenoxy) is 1. The summed E-state index contributed by atoms with van der Waals surface area (Å²) in [7, 11) is 0. The molecule has 0 saturated carbocycles. The first-order valence-electron chi connectivity index (χ1n) is 11.1. The van der Waals surface area contributed by atoms with Crippen molar-refractivity contribution in [2.75, 3.05) is 6.61 Å². The van der Waals surface area contributed by atoms with Crippen molar-refractivity contribution >= 4 is 17.6 Å². The standard InChI is InChI=1S/C20H26O.C6H11ClO2/c1-2-3-4-5-6-10-17-21-20-15-13-19(14-16-20)18-11-8-7-9-12-18;1-3-4(2)5(7)6(8)9/h7-9,11-16H,2-6,10,17H2,1H3;4-5H,3H2,1-2H3,(H,8,9). The first-order chi connectivity index (χ1) is 14.5. The van der Waals surface area contributed by atoms with E-state index in [2.05, 4.69) is 55.5 Å². The largest absolute Gasteiger partial charge is 0.494 e. The molecule has 0 spiro atoms. The predicted molar refractivity (Wildman–Crippen MR) is 127 cm³/mol. The molecule has 2 rings (SSSR count). The lowest BCUT2D eigenvalue weighted by atomic mass is 10.1. The van der Waals surface area contributed by atoms with Gasteiger partial charge >= 0.3 is 5.97 Å². The molecule has 0 aliphatic heterocycles. The van der Waals surface area contributed by atoms with Crippen LogP contribution < -0.4 is 4.74 Å². The van der Waals surface area contributed by atoms with E-state index in [0.29, 0.717) is 0 Å². The minimum absolute atomic E-state index is 0.0594. The Kier molecular flexibility index (Phi) is 13.7. The van der Waals surface area contributed by atoms with E-state index in [-0.39, 0.29) is 5.92 Å². The Morgan fingerprint density at radius 2 is 1.47 bits per heavy atom. The number of rotatable bonds is 12. The van der Waals surface area contributed by atoms with E-state index in [9.17, 15) is 4.79 Å². The van der Waals surface area contributed by atoms with E-state index in [1.165, 1.54) is 43.2 Å². The zero-order valence-corrected chi connectivity index (χ0v) is 19.4. The minimum Gasteiger partial charge on any atom is -0.494 e. The molecular formula is C26H37ClO3. The topological polar surface area (TPSA) is 46.5 Å². The van der Waals surface area contributed by atoms with Gasteiger partial charge in [0.05, 0.1) is 6.61 Å². The molecule has 3 nitrogen and oxygen atoms in total. The van der Waals surface area contributed by atoms with Gasteiger partial charge in [0.1, 0.15) is 11.1 Å². The monoisotopic (exact) mass is 432 g/mol. The summed E-state index contributed by atoms with van der Waals surface area (Å²) in [5, 5.41) is 7.62. The summed E-state index contributed by atoms with van der Waals surface area (Å²) in [6.45, 7) is 6.83. The highest BCUT2D eigenvalue weighted by atomic mass is 35.5. The lowest BCUT2D eigenvalue weighted by Gasteiger charge is -2.09. The number of alkyl halides is 1. The molecule has 0 bridgehead atoms. The van der Waals surface area contributed by atoms with Crippen molar-refractivity contribution < 1.29 is 14.6 Å². The lowest BCUT2D eigenvalue weighted by Crippen LogP contribution is -2.20. The molecule has 2 aromatic rings. The molecule has 166 valence electrons. The van der Waals surface area contributed by atoms with Crippen molar-refractivity contribution in [3.8, 4) is 16.9 Å². The predicted octanol–water partition coefficient (Wildman–Crippen LogP) is 7.82. The highest BCUT2D eigenvalue weighted by Crippen LogP contribution is 2.22. The molecule has 2 unspecified atom stereocenters. The van der Waals surface area contributed by atoms with Crippen LogP contribution in [0.25, 0.3) is 11.1 Å². The van der Waals surface area contributed by atoms with Crippen LogP contribution in [0, 0.1) is 5.92 Å². The van der Waals surface area contributed by atoms with Gasteiger partial charge in [-0.3, -0.25) is 4.79 Å². The number of carbonyl (C=O) groups is 1. The van der Waals surface area contributed by atoms with Crippen LogP contribution in [0.3, 0.4) is 0 Å². The van der Waals surface area contributed by atoms with Gasteiger partial charge in [0.25, 0.3) is 0 Å². The van der Waals surface area contributed by atoms with Crippen LogP contribution in [0.4, 0.5) is 0 Å². The smallest absolute Gasteiger partial charge is 0.321 e. The molecule has 4 heteroatoms. The number of hydrogen-bond donors (Lipinski definition) is 1. The number of halogens is 1. The highest BCUT2D eigenvalue weighted by molar-refractivity contribution is 6.29. The molecule has 1 N–H and O–H groups in total. The zero-order valence-electron chi connectivity index (χ0n) is 18.6. The van der Waals surface area contributed by atoms with Crippen LogP contribution in [0.1, 0.15) is 65.7 Å². The Bertz CT molecular complexity index is 685. The third-order valence-electron chi connectivity index (χ3n) is 5.11. The van der Waals surface area contributed by atoms with Crippen LogP contribution in [0.5, 0.6) is 5.75 Å². The Hall–Kier alpha value is -2.00. The normalized spacial score (nSPS) is 12.4. The fraction of sp³-hybridized carbons (Fsp3) is 0.500. The number of benzene rings is 2. The second kappa shape index (κ2) is 15.8. The van der Waals surface area contributed by atoms with Crippen molar-refractivity contribution in [1.29, 1.82) is 0 Å². The molecule has 0 aromatic heterocycles. The van der Waals surface area contributed by atoms with E-state index in [1.54, 1.807) is 0 Å². The quantitative estimate of drug-likeness (QED) is 0.274. The fourth-order valence-electron chi connectivity index (χ4n) is 2.90. The molecule has 0 aliphatic carbocycles. The summed E-state index contributed by atoms with van der Waals surface area (Å²) in [6.07, 6.45) is 8.62. The van der Waals surface area contributed by atoms with Crippen molar-refractivity contribution in [1.82, 2.24) is 0 Å². The molecule has 30 heavy (non-hydrogen) atoms. The van der Waals surface area contributed by atoms with E-state index < -0.39 is 11.3 Å². The Balaban J connectivity index is 0.000000424. The van der Waals surface area contributed by atoms with Gasteiger partial charge < -0.3 is 9.84 Å². The minimum atomic E-state index is -0.925. The third kappa shape index (κ3) is 10.7. The Morgan fingerprint density at radius 1 is 0.900 bits per heavy atom. The molecule has 0 fully saturated rings. The maximum Gasteiger partial charge on any atom is 0.321 e. The zero-order chi connectivity index (χ0) is 22.2. The maximum absolute atomic E-state index is 10.2. The summed E-state index contributed by atoms with van der Waals surface area (Å²) in [5.41, 5.74) is 2.49. The van der Waals surface area contributed by atoms with Crippen LogP contribution in [0.2, 0.25) is 0 Å². The molecule has 0 saturated heterocycles. The van der Waals surface area contributed by atoms with Crippen LogP contribution in [0.15, 0.2) is 54.6 Å². The second-order valence-electron chi connectivity index (χ2n) is 7.63. The van der Waals surface area contributed by atoms with E-state index in [0.717, 1.165) is 25.2 Å². The van der Waals surface area contributed by atoms with Gasteiger partial charge in [0.2, 0.25) is 0 Å². The van der Waals surface area contributed by atoms with Crippen molar-refractivity contribution in [2.45, 2.75) is 71.1 Å². The van der Waals surface area contributed by atoms with Gasteiger partial charge in [-0.2, -0.15) is 0 Å². The molecule has 2 aromatic carbocycles. The Labute approximate surface area is 187 Å². The molecule has 0 aliphatic rings. The van der Waals surface area contributed by atoms with E-state index >= 15 is 0 Å². The number of carboxylic acids is 1. The van der Waals surface area contributed by atoms with Gasteiger partial charge in [0, 0.05) is 0 Å². The maximum atomic E-state index is 10.2. The average Bonchev–Trinajstić information content (AvgIpc) is 2.78. The van der Waals surface area contributed by atoms with Gasteiger partial charge in [-0.1, -0.05) is 102 Å². The molecule has 0 radical (unpaired) electrons. The van der Waals surface area contributed by atoms with Crippen LogP contribution in [-0.2, 0) is 4.79 Å². The van der Waals surface area contributed by atoms with Crippen LogP contribution >= 0.6 is 11.6 Å². The van der Waals surface area contributed by atoms with Gasteiger partial charge in [-0.25, -0.2) is 0 Å². The van der Waals surface area contributed by atoms with Crippen LogP contribution in [-0.4, -0.2) is 23.1 Å². The first-order valence-corrected chi connectivity index (χ1v) is 11.6. The molecule has 2 atom stereocenters. The highest BCUT2D eigenvalue weighted by Gasteiger charge is 2.19. The fourth-order valence-corrected chi connectivity index (χ4v) is 3.08. The van der Waals surface area contributed by atoms with Crippen molar-refractivity contribution in [2.24, 2.45) is 5.92 Å². The van der Waals surface area contributed by atoms with Gasteiger partial charge in [-0.15, -0.1) is 11.6 Å². The van der Waals surface area contributed by atoms with Gasteiger partial charge in [-0.05, 0) is 35.6 Å². The summed E-state index contributed by atoms with van der Waals surface area (Å²) >= 11 is 5.47. The van der Waals surface area contributed by atoms with E-state index in [4.69, 9.17) is 21.4 Å². The molecule has 0 amide bonds.